The first-order valence-electron chi connectivity index (χ1n) is 8.65. The Morgan fingerprint density at radius 1 is 1.12 bits per heavy atom. The van der Waals surface area contributed by atoms with E-state index in [0.29, 0.717) is 26.1 Å². The van der Waals surface area contributed by atoms with Crippen molar-refractivity contribution in [3.8, 4) is 0 Å². The third kappa shape index (κ3) is 2.78. The number of para-hydroxylation sites is 1. The molecule has 3 aromatic rings. The summed E-state index contributed by atoms with van der Waals surface area (Å²) in [6, 6.07) is 7.84. The quantitative estimate of drug-likeness (QED) is 0.718. The summed E-state index contributed by atoms with van der Waals surface area (Å²) in [5, 5.41) is 12.2. The van der Waals surface area contributed by atoms with Crippen LogP contribution in [0.2, 0.25) is 0 Å². The van der Waals surface area contributed by atoms with Gasteiger partial charge in [-0.15, -0.1) is 0 Å². The number of hydrogen-bond donors (Lipinski definition) is 1. The summed E-state index contributed by atoms with van der Waals surface area (Å²) < 4.78 is 7.78. The number of aromatic nitrogens is 3. The van der Waals surface area contributed by atoms with Gasteiger partial charge < -0.3 is 14.4 Å². The Kier molecular flexibility index (Phi) is 4.83. The molecule has 0 bridgehead atoms. The van der Waals surface area contributed by atoms with Crippen LogP contribution >= 0.6 is 0 Å². The number of rotatable bonds is 7. The number of imidazole rings is 1. The lowest BCUT2D eigenvalue weighted by molar-refractivity contribution is -0.0503. The third-order valence-corrected chi connectivity index (χ3v) is 4.97. The number of ether oxygens (including phenoxy) is 1. The summed E-state index contributed by atoms with van der Waals surface area (Å²) in [7, 11) is 0. The molecule has 0 aliphatic heterocycles. The molecule has 1 N–H and O–H groups in total. The molecule has 0 fully saturated rings. The minimum Gasteiger partial charge on any atom is -0.388 e. The molecule has 24 heavy (non-hydrogen) atoms. The van der Waals surface area contributed by atoms with E-state index in [1.165, 1.54) is 0 Å². The predicted octanol–water partition coefficient (Wildman–Crippen LogP) is 3.71. The van der Waals surface area contributed by atoms with Crippen LogP contribution in [0.25, 0.3) is 21.9 Å². The van der Waals surface area contributed by atoms with Crippen LogP contribution in [0.5, 0.6) is 0 Å². The fourth-order valence-electron chi connectivity index (χ4n) is 3.35. The Morgan fingerprint density at radius 2 is 1.88 bits per heavy atom. The molecule has 0 aliphatic rings. The number of fused-ring (bicyclic) bond motifs is 3. The minimum absolute atomic E-state index is 0.191. The lowest BCUT2D eigenvalue weighted by atomic mass is 9.88. The number of nitrogens with zero attached hydrogens (tertiary/aromatic N) is 3. The molecule has 3 rings (SSSR count). The van der Waals surface area contributed by atoms with E-state index in [-0.39, 0.29) is 6.04 Å². The molecule has 0 amide bonds. The Labute approximate surface area is 142 Å². The highest BCUT2D eigenvalue weighted by Crippen LogP contribution is 2.34. The van der Waals surface area contributed by atoms with Gasteiger partial charge in [0.2, 0.25) is 0 Å². The third-order valence-electron chi connectivity index (χ3n) is 4.97. The second-order valence-corrected chi connectivity index (χ2v) is 6.15. The van der Waals surface area contributed by atoms with Gasteiger partial charge in [-0.25, -0.2) is 4.98 Å². The zero-order chi connectivity index (χ0) is 17.2. The molecule has 0 saturated heterocycles. The van der Waals surface area contributed by atoms with Gasteiger partial charge in [0.25, 0.3) is 0 Å². The van der Waals surface area contributed by atoms with Crippen molar-refractivity contribution in [3.63, 3.8) is 0 Å². The van der Waals surface area contributed by atoms with Crippen LogP contribution in [-0.2, 0) is 4.74 Å². The molecule has 5 nitrogen and oxygen atoms in total. The standard InChI is InChI=1S/C19H25N3O2/c1-4-19(23,5-2)17(12-24-6-3)22-13-21-16-11-20-15-10-8-7-9-14(15)18(16)22/h7-11,13,17,23H,4-6,12H2,1-3H3. The molecule has 0 aliphatic carbocycles. The average Bonchev–Trinajstić information content (AvgIpc) is 3.06. The Balaban J connectivity index is 2.22. The normalized spacial score (nSPS) is 13.7. The fourth-order valence-corrected chi connectivity index (χ4v) is 3.35. The lowest BCUT2D eigenvalue weighted by Crippen LogP contribution is -2.41. The fraction of sp³-hybridized carbons (Fsp3) is 0.474. The van der Waals surface area contributed by atoms with E-state index in [1.54, 1.807) is 12.5 Å². The minimum atomic E-state index is -0.840. The first-order valence-corrected chi connectivity index (χ1v) is 8.65. The van der Waals surface area contributed by atoms with Crippen molar-refractivity contribution in [3.05, 3.63) is 36.8 Å². The SMILES string of the molecule is CCOCC(n1cnc2cnc3ccccc3c21)C(O)(CC)CC. The van der Waals surface area contributed by atoms with Crippen LogP contribution in [0, 0.1) is 0 Å². The summed E-state index contributed by atoms with van der Waals surface area (Å²) in [5.41, 5.74) is 1.93. The van der Waals surface area contributed by atoms with Crippen molar-refractivity contribution in [2.24, 2.45) is 0 Å². The zero-order valence-corrected chi connectivity index (χ0v) is 14.6. The van der Waals surface area contributed by atoms with Crippen LogP contribution < -0.4 is 0 Å². The summed E-state index contributed by atoms with van der Waals surface area (Å²) in [6.45, 7) is 7.08. The highest BCUT2D eigenvalue weighted by Gasteiger charge is 2.36. The first-order chi connectivity index (χ1) is 11.6. The number of benzene rings is 1. The molecule has 0 saturated carbocycles. The van der Waals surface area contributed by atoms with Gasteiger partial charge in [-0.3, -0.25) is 4.98 Å². The molecular weight excluding hydrogens is 302 g/mol. The molecule has 128 valence electrons. The highest BCUT2D eigenvalue weighted by molar-refractivity contribution is 6.02. The smallest absolute Gasteiger partial charge is 0.107 e. The van der Waals surface area contributed by atoms with E-state index in [1.807, 2.05) is 39.0 Å². The van der Waals surface area contributed by atoms with Crippen LogP contribution in [0.4, 0.5) is 0 Å². The lowest BCUT2D eigenvalue weighted by Gasteiger charge is -2.35. The number of hydrogen-bond acceptors (Lipinski definition) is 4. The predicted molar refractivity (Wildman–Crippen MR) is 96.1 cm³/mol. The van der Waals surface area contributed by atoms with E-state index in [0.717, 1.165) is 21.9 Å². The Hall–Kier alpha value is -1.98. The molecule has 1 unspecified atom stereocenters. The van der Waals surface area contributed by atoms with Gasteiger partial charge in [0, 0.05) is 12.0 Å². The van der Waals surface area contributed by atoms with Crippen molar-refractivity contribution in [1.29, 1.82) is 0 Å². The van der Waals surface area contributed by atoms with Gasteiger partial charge in [0.1, 0.15) is 5.52 Å². The van der Waals surface area contributed by atoms with Crippen LogP contribution in [0.3, 0.4) is 0 Å². The van der Waals surface area contributed by atoms with E-state index >= 15 is 0 Å². The highest BCUT2D eigenvalue weighted by atomic mass is 16.5. The summed E-state index contributed by atoms with van der Waals surface area (Å²) in [4.78, 5) is 8.99. The second kappa shape index (κ2) is 6.87. The van der Waals surface area contributed by atoms with Gasteiger partial charge >= 0.3 is 0 Å². The molecular formula is C19H25N3O2. The molecule has 5 heteroatoms. The topological polar surface area (TPSA) is 60.2 Å². The summed E-state index contributed by atoms with van der Waals surface area (Å²) in [6.07, 6.45) is 4.91. The van der Waals surface area contributed by atoms with E-state index < -0.39 is 5.60 Å². The summed E-state index contributed by atoms with van der Waals surface area (Å²) >= 11 is 0. The van der Waals surface area contributed by atoms with Gasteiger partial charge in [0.15, 0.2) is 0 Å². The Morgan fingerprint density at radius 3 is 2.58 bits per heavy atom. The van der Waals surface area contributed by atoms with Gasteiger partial charge in [0.05, 0.1) is 41.8 Å². The van der Waals surface area contributed by atoms with Crippen LogP contribution in [0.15, 0.2) is 36.8 Å². The van der Waals surface area contributed by atoms with E-state index in [2.05, 4.69) is 20.6 Å². The molecule has 0 radical (unpaired) electrons. The number of aliphatic hydroxyl groups is 1. The average molecular weight is 327 g/mol. The Bertz CT molecular complexity index is 824. The maximum absolute atomic E-state index is 11.2. The van der Waals surface area contributed by atoms with E-state index in [9.17, 15) is 5.11 Å². The second-order valence-electron chi connectivity index (χ2n) is 6.15. The van der Waals surface area contributed by atoms with Gasteiger partial charge in [-0.2, -0.15) is 0 Å². The van der Waals surface area contributed by atoms with Crippen molar-refractivity contribution < 1.29 is 9.84 Å². The van der Waals surface area contributed by atoms with Crippen LogP contribution in [-0.4, -0.2) is 38.5 Å². The molecule has 1 aromatic carbocycles. The first kappa shape index (κ1) is 16.9. The van der Waals surface area contributed by atoms with Crippen LogP contribution in [0.1, 0.15) is 39.7 Å². The van der Waals surface area contributed by atoms with Gasteiger partial charge in [-0.05, 0) is 25.8 Å². The molecule has 0 spiro atoms. The van der Waals surface area contributed by atoms with E-state index in [4.69, 9.17) is 4.74 Å². The van der Waals surface area contributed by atoms with Crippen molar-refractivity contribution in [2.75, 3.05) is 13.2 Å². The monoisotopic (exact) mass is 327 g/mol. The van der Waals surface area contributed by atoms with Gasteiger partial charge in [-0.1, -0.05) is 32.0 Å². The molecule has 2 heterocycles. The largest absolute Gasteiger partial charge is 0.388 e. The van der Waals surface area contributed by atoms with Crippen molar-refractivity contribution in [2.45, 2.75) is 45.3 Å². The number of pyridine rings is 1. The molecule has 1 atom stereocenters. The molecule has 2 aromatic heterocycles. The summed E-state index contributed by atoms with van der Waals surface area (Å²) in [5.74, 6) is 0. The maximum atomic E-state index is 11.2. The zero-order valence-electron chi connectivity index (χ0n) is 14.6. The maximum Gasteiger partial charge on any atom is 0.107 e. The van der Waals surface area contributed by atoms with Crippen molar-refractivity contribution >= 4 is 21.9 Å². The van der Waals surface area contributed by atoms with Crippen molar-refractivity contribution in [1.82, 2.24) is 14.5 Å².